The summed E-state index contributed by atoms with van der Waals surface area (Å²) in [4.78, 5) is 26.3. The SMILES string of the molecule is CCCN(CCC)c1ccc(C(C)=O)cc1NC(=O)c1ccco1. The molecule has 1 heterocycles. The number of carbonyl (C=O) groups is 2. The number of ketones is 1. The van der Waals surface area contributed by atoms with Crippen LogP contribution in [0.15, 0.2) is 41.0 Å². The van der Waals surface area contributed by atoms with Crippen molar-refractivity contribution in [2.75, 3.05) is 23.3 Å². The molecule has 1 aromatic carbocycles. The van der Waals surface area contributed by atoms with Crippen LogP contribution in [0.5, 0.6) is 0 Å². The molecular formula is C19H24N2O3. The van der Waals surface area contributed by atoms with Gasteiger partial charge in [0.05, 0.1) is 17.6 Å². The second-order valence-corrected chi connectivity index (χ2v) is 5.71. The summed E-state index contributed by atoms with van der Waals surface area (Å²) in [6, 6.07) is 8.72. The number of hydrogen-bond donors (Lipinski definition) is 1. The number of hydrogen-bond acceptors (Lipinski definition) is 4. The van der Waals surface area contributed by atoms with E-state index in [2.05, 4.69) is 24.1 Å². The molecule has 0 aliphatic heterocycles. The van der Waals surface area contributed by atoms with Gasteiger partial charge in [-0.3, -0.25) is 9.59 Å². The molecule has 1 N–H and O–H groups in total. The third-order valence-corrected chi connectivity index (χ3v) is 3.72. The highest BCUT2D eigenvalue weighted by Gasteiger charge is 2.16. The van der Waals surface area contributed by atoms with E-state index in [9.17, 15) is 9.59 Å². The van der Waals surface area contributed by atoms with Crippen molar-refractivity contribution < 1.29 is 14.0 Å². The minimum absolute atomic E-state index is 0.0346. The fraction of sp³-hybridized carbons (Fsp3) is 0.368. The van der Waals surface area contributed by atoms with Crippen LogP contribution in [0.1, 0.15) is 54.5 Å². The highest BCUT2D eigenvalue weighted by molar-refractivity contribution is 6.05. The molecule has 0 radical (unpaired) electrons. The number of nitrogens with zero attached hydrogens (tertiary/aromatic N) is 1. The van der Waals surface area contributed by atoms with Gasteiger partial charge in [0.15, 0.2) is 11.5 Å². The molecule has 0 bridgehead atoms. The quantitative estimate of drug-likeness (QED) is 0.731. The number of carbonyl (C=O) groups excluding carboxylic acids is 2. The Balaban J connectivity index is 2.38. The predicted molar refractivity (Wildman–Crippen MR) is 95.9 cm³/mol. The number of nitrogens with one attached hydrogen (secondary N) is 1. The van der Waals surface area contributed by atoms with Crippen molar-refractivity contribution in [3.05, 3.63) is 47.9 Å². The van der Waals surface area contributed by atoms with Crippen LogP contribution >= 0.6 is 0 Å². The topological polar surface area (TPSA) is 62.6 Å². The molecule has 0 saturated carbocycles. The fourth-order valence-corrected chi connectivity index (χ4v) is 2.62. The summed E-state index contributed by atoms with van der Waals surface area (Å²) in [5.41, 5.74) is 2.12. The van der Waals surface area contributed by atoms with Gasteiger partial charge in [-0.05, 0) is 50.1 Å². The number of benzene rings is 1. The van der Waals surface area contributed by atoms with Gasteiger partial charge in [0.1, 0.15) is 0 Å². The van der Waals surface area contributed by atoms with Gasteiger partial charge >= 0.3 is 0 Å². The maximum Gasteiger partial charge on any atom is 0.291 e. The first-order chi connectivity index (χ1) is 11.6. The Bertz CT molecular complexity index is 687. The summed E-state index contributed by atoms with van der Waals surface area (Å²) in [5.74, 6) is -0.116. The standard InChI is InChI=1S/C19H24N2O3/c1-4-10-21(11-5-2)17-9-8-15(14(3)22)13-16(17)20-19(23)18-7-6-12-24-18/h6-9,12-13H,4-5,10-11H2,1-3H3,(H,20,23). The zero-order valence-corrected chi connectivity index (χ0v) is 14.5. The van der Waals surface area contributed by atoms with E-state index < -0.39 is 0 Å². The van der Waals surface area contributed by atoms with Crippen molar-refractivity contribution in [2.24, 2.45) is 0 Å². The van der Waals surface area contributed by atoms with Crippen molar-refractivity contribution in [3.8, 4) is 0 Å². The van der Waals surface area contributed by atoms with Crippen LogP contribution in [0.2, 0.25) is 0 Å². The van der Waals surface area contributed by atoms with Crippen LogP contribution < -0.4 is 10.2 Å². The Morgan fingerprint density at radius 1 is 1.12 bits per heavy atom. The molecule has 2 rings (SSSR count). The zero-order valence-electron chi connectivity index (χ0n) is 14.5. The van der Waals surface area contributed by atoms with E-state index in [0.29, 0.717) is 11.3 Å². The molecule has 1 aromatic heterocycles. The van der Waals surface area contributed by atoms with Crippen LogP contribution in [-0.4, -0.2) is 24.8 Å². The number of amides is 1. The highest BCUT2D eigenvalue weighted by Crippen LogP contribution is 2.28. The summed E-state index contributed by atoms with van der Waals surface area (Å²) >= 11 is 0. The normalized spacial score (nSPS) is 10.5. The van der Waals surface area contributed by atoms with Gasteiger partial charge in [-0.2, -0.15) is 0 Å². The fourth-order valence-electron chi connectivity index (χ4n) is 2.62. The Kier molecular flexibility index (Phi) is 6.18. The van der Waals surface area contributed by atoms with E-state index >= 15 is 0 Å². The van der Waals surface area contributed by atoms with E-state index in [4.69, 9.17) is 4.42 Å². The second-order valence-electron chi connectivity index (χ2n) is 5.71. The molecule has 24 heavy (non-hydrogen) atoms. The predicted octanol–water partition coefficient (Wildman–Crippen LogP) is 4.36. The number of rotatable bonds is 8. The van der Waals surface area contributed by atoms with Crippen molar-refractivity contribution in [1.29, 1.82) is 0 Å². The Morgan fingerprint density at radius 3 is 2.38 bits per heavy atom. The van der Waals surface area contributed by atoms with Gasteiger partial charge < -0.3 is 14.6 Å². The minimum Gasteiger partial charge on any atom is -0.459 e. The Morgan fingerprint density at radius 2 is 1.83 bits per heavy atom. The first-order valence-corrected chi connectivity index (χ1v) is 8.31. The lowest BCUT2D eigenvalue weighted by molar-refractivity contribution is 0.0992. The smallest absolute Gasteiger partial charge is 0.291 e. The Hall–Kier alpha value is -2.56. The molecule has 5 heteroatoms. The first kappa shape index (κ1) is 17.8. The average Bonchev–Trinajstić information content (AvgIpc) is 3.09. The molecule has 0 unspecified atom stereocenters. The highest BCUT2D eigenvalue weighted by atomic mass is 16.3. The lowest BCUT2D eigenvalue weighted by Crippen LogP contribution is -2.26. The summed E-state index contributed by atoms with van der Waals surface area (Å²) in [7, 11) is 0. The summed E-state index contributed by atoms with van der Waals surface area (Å²) in [6.07, 6.45) is 3.46. The lowest BCUT2D eigenvalue weighted by atomic mass is 10.1. The van der Waals surface area contributed by atoms with Crippen LogP contribution in [0.4, 0.5) is 11.4 Å². The van der Waals surface area contributed by atoms with Crippen molar-refractivity contribution in [3.63, 3.8) is 0 Å². The van der Waals surface area contributed by atoms with Gasteiger partial charge in [-0.1, -0.05) is 13.8 Å². The van der Waals surface area contributed by atoms with Crippen molar-refractivity contribution >= 4 is 23.1 Å². The molecular weight excluding hydrogens is 304 g/mol. The monoisotopic (exact) mass is 328 g/mol. The van der Waals surface area contributed by atoms with E-state index in [1.54, 1.807) is 24.3 Å². The van der Waals surface area contributed by atoms with E-state index in [-0.39, 0.29) is 17.5 Å². The maximum atomic E-state index is 12.3. The zero-order chi connectivity index (χ0) is 17.5. The molecule has 0 aliphatic carbocycles. The molecule has 128 valence electrons. The Labute approximate surface area is 142 Å². The second kappa shape index (κ2) is 8.34. The van der Waals surface area contributed by atoms with Gasteiger partial charge in [0.25, 0.3) is 5.91 Å². The minimum atomic E-state index is -0.324. The van der Waals surface area contributed by atoms with Crippen LogP contribution in [0.25, 0.3) is 0 Å². The van der Waals surface area contributed by atoms with E-state index in [1.807, 2.05) is 6.07 Å². The molecule has 0 spiro atoms. The van der Waals surface area contributed by atoms with E-state index in [1.165, 1.54) is 13.2 Å². The largest absolute Gasteiger partial charge is 0.459 e. The van der Waals surface area contributed by atoms with Crippen LogP contribution in [0.3, 0.4) is 0 Å². The molecule has 0 saturated heterocycles. The molecule has 0 atom stereocenters. The first-order valence-electron chi connectivity index (χ1n) is 8.31. The molecule has 1 amide bonds. The van der Waals surface area contributed by atoms with Crippen molar-refractivity contribution in [1.82, 2.24) is 0 Å². The average molecular weight is 328 g/mol. The molecule has 2 aromatic rings. The third-order valence-electron chi connectivity index (χ3n) is 3.72. The van der Waals surface area contributed by atoms with Gasteiger partial charge in [0.2, 0.25) is 0 Å². The lowest BCUT2D eigenvalue weighted by Gasteiger charge is -2.26. The summed E-state index contributed by atoms with van der Waals surface area (Å²) < 4.78 is 5.15. The summed E-state index contributed by atoms with van der Waals surface area (Å²) in [6.45, 7) is 7.53. The maximum absolute atomic E-state index is 12.3. The third kappa shape index (κ3) is 4.25. The molecule has 0 fully saturated rings. The molecule has 0 aliphatic rings. The van der Waals surface area contributed by atoms with Crippen molar-refractivity contribution in [2.45, 2.75) is 33.6 Å². The number of furan rings is 1. The summed E-state index contributed by atoms with van der Waals surface area (Å²) in [5, 5.41) is 2.88. The van der Waals surface area contributed by atoms with Gasteiger partial charge in [-0.15, -0.1) is 0 Å². The number of anilines is 2. The molecule has 5 nitrogen and oxygen atoms in total. The van der Waals surface area contributed by atoms with Gasteiger partial charge in [-0.25, -0.2) is 0 Å². The van der Waals surface area contributed by atoms with E-state index in [0.717, 1.165) is 31.6 Å². The van der Waals surface area contributed by atoms with Crippen LogP contribution in [-0.2, 0) is 0 Å². The number of Topliss-reactive ketones (excluding diaryl/α,β-unsaturated/α-hetero) is 1. The van der Waals surface area contributed by atoms with Gasteiger partial charge in [0, 0.05) is 18.7 Å². The van der Waals surface area contributed by atoms with Crippen LogP contribution in [0, 0.1) is 0 Å².